The van der Waals surface area contributed by atoms with Crippen molar-refractivity contribution in [2.45, 2.75) is 0 Å². The van der Waals surface area contributed by atoms with Crippen molar-refractivity contribution < 1.29 is 0 Å². The lowest BCUT2D eigenvalue weighted by atomic mass is 10.1. The summed E-state index contributed by atoms with van der Waals surface area (Å²) in [5.74, 6) is 1.71. The van der Waals surface area contributed by atoms with Crippen LogP contribution < -0.4 is 9.80 Å². The monoisotopic (exact) mass is 396 g/mol. The van der Waals surface area contributed by atoms with E-state index in [0.717, 1.165) is 60.0 Å². The highest BCUT2D eigenvalue weighted by Gasteiger charge is 2.21. The van der Waals surface area contributed by atoms with Crippen LogP contribution >= 0.6 is 0 Å². The van der Waals surface area contributed by atoms with E-state index in [0.29, 0.717) is 5.56 Å². The molecule has 0 spiro atoms. The number of benzene rings is 1. The topological polar surface area (TPSA) is 86.8 Å². The number of aromatic nitrogens is 5. The van der Waals surface area contributed by atoms with Crippen LogP contribution in [0.15, 0.2) is 55.1 Å². The zero-order valence-corrected chi connectivity index (χ0v) is 16.6. The van der Waals surface area contributed by atoms with Crippen LogP contribution in [0.2, 0.25) is 0 Å². The van der Waals surface area contributed by atoms with Gasteiger partial charge in [0.25, 0.3) is 0 Å². The van der Waals surface area contributed by atoms with E-state index >= 15 is 0 Å². The molecular weight excluding hydrogens is 376 g/mol. The Morgan fingerprint density at radius 1 is 0.933 bits per heavy atom. The fraction of sp³-hybridized carbons (Fsp3) is 0.227. The van der Waals surface area contributed by atoms with Gasteiger partial charge in [-0.25, -0.2) is 9.97 Å². The number of piperazine rings is 1. The number of aryl methyl sites for hydroxylation is 1. The van der Waals surface area contributed by atoms with Gasteiger partial charge >= 0.3 is 0 Å². The summed E-state index contributed by atoms with van der Waals surface area (Å²) in [5, 5.41) is 14.7. The maximum atomic E-state index is 9.54. The molecule has 30 heavy (non-hydrogen) atoms. The Bertz CT molecular complexity index is 1250. The lowest BCUT2D eigenvalue weighted by Crippen LogP contribution is -2.47. The Labute approximate surface area is 174 Å². The van der Waals surface area contributed by atoms with Gasteiger partial charge < -0.3 is 9.80 Å². The molecule has 1 aromatic carbocycles. The zero-order valence-electron chi connectivity index (χ0n) is 16.6. The maximum Gasteiger partial charge on any atom is 0.147 e. The van der Waals surface area contributed by atoms with Gasteiger partial charge in [-0.2, -0.15) is 10.4 Å². The molecule has 1 aliphatic heterocycles. The molecule has 4 heterocycles. The molecule has 148 valence electrons. The quantitative estimate of drug-likeness (QED) is 0.526. The number of rotatable bonds is 3. The lowest BCUT2D eigenvalue weighted by molar-refractivity contribution is 0.641. The smallest absolute Gasteiger partial charge is 0.147 e. The lowest BCUT2D eigenvalue weighted by Gasteiger charge is -2.36. The minimum absolute atomic E-state index is 0.660. The normalized spacial score (nSPS) is 14.1. The van der Waals surface area contributed by atoms with Crippen molar-refractivity contribution >= 4 is 22.5 Å². The number of nitrogens with zero attached hydrogens (tertiary/aromatic N) is 8. The largest absolute Gasteiger partial charge is 0.353 e. The van der Waals surface area contributed by atoms with E-state index in [1.807, 2.05) is 43.6 Å². The summed E-state index contributed by atoms with van der Waals surface area (Å²) >= 11 is 0. The van der Waals surface area contributed by atoms with Crippen molar-refractivity contribution in [1.82, 2.24) is 24.7 Å². The van der Waals surface area contributed by atoms with E-state index < -0.39 is 0 Å². The molecule has 8 heteroatoms. The molecule has 0 saturated carbocycles. The van der Waals surface area contributed by atoms with Gasteiger partial charge in [0, 0.05) is 50.4 Å². The van der Waals surface area contributed by atoms with Crippen molar-refractivity contribution in [2.24, 2.45) is 7.05 Å². The van der Waals surface area contributed by atoms with E-state index in [9.17, 15) is 5.26 Å². The van der Waals surface area contributed by atoms with Gasteiger partial charge in [-0.15, -0.1) is 0 Å². The molecule has 0 radical (unpaired) electrons. The van der Waals surface area contributed by atoms with Crippen LogP contribution in [-0.2, 0) is 7.05 Å². The molecule has 5 rings (SSSR count). The van der Waals surface area contributed by atoms with Gasteiger partial charge in [0.2, 0.25) is 0 Å². The fourth-order valence-corrected chi connectivity index (χ4v) is 3.78. The summed E-state index contributed by atoms with van der Waals surface area (Å²) in [6.45, 7) is 3.22. The highest BCUT2D eigenvalue weighted by atomic mass is 15.3. The van der Waals surface area contributed by atoms with Gasteiger partial charge in [0.15, 0.2) is 0 Å². The van der Waals surface area contributed by atoms with E-state index in [4.69, 9.17) is 9.97 Å². The molecule has 1 aliphatic rings. The summed E-state index contributed by atoms with van der Waals surface area (Å²) in [6, 6.07) is 12.0. The van der Waals surface area contributed by atoms with Gasteiger partial charge in [0.1, 0.15) is 11.6 Å². The number of nitriles is 1. The first-order chi connectivity index (χ1) is 14.7. The molecule has 1 saturated heterocycles. The number of fused-ring (bicyclic) bond motifs is 1. The van der Waals surface area contributed by atoms with Crippen LogP contribution in [0.4, 0.5) is 11.6 Å². The molecule has 0 N–H and O–H groups in total. The third-order valence-corrected chi connectivity index (χ3v) is 5.37. The standard InChI is InChI=1S/C22H20N8/c1-28-15-17(12-25-28)20-13-24-14-22(27-20)30-8-6-29(7-9-30)21-10-16(11-23)18-4-2-3-5-19(18)26-21/h2-5,10,12-15H,6-9H2,1H3. The van der Waals surface area contributed by atoms with Gasteiger partial charge in [-0.1, -0.05) is 18.2 Å². The van der Waals surface area contributed by atoms with E-state index in [1.165, 1.54) is 0 Å². The SMILES string of the molecule is Cn1cc(-c2cncc(N3CCN(c4cc(C#N)c5ccccc5n4)CC3)n2)cn1. The van der Waals surface area contributed by atoms with Crippen LogP contribution in [0, 0.1) is 11.3 Å². The summed E-state index contributed by atoms with van der Waals surface area (Å²) in [7, 11) is 1.89. The number of pyridine rings is 1. The number of hydrogen-bond donors (Lipinski definition) is 0. The van der Waals surface area contributed by atoms with E-state index in [1.54, 1.807) is 23.3 Å². The fourth-order valence-electron chi connectivity index (χ4n) is 3.78. The van der Waals surface area contributed by atoms with Crippen molar-refractivity contribution in [2.75, 3.05) is 36.0 Å². The minimum atomic E-state index is 0.660. The molecule has 3 aromatic heterocycles. The van der Waals surface area contributed by atoms with E-state index in [2.05, 4.69) is 26.0 Å². The Morgan fingerprint density at radius 3 is 2.43 bits per heavy atom. The Balaban J connectivity index is 1.35. The average molecular weight is 396 g/mol. The summed E-state index contributed by atoms with van der Waals surface area (Å²) in [5.41, 5.74) is 3.28. The molecule has 1 fully saturated rings. The van der Waals surface area contributed by atoms with Crippen molar-refractivity contribution in [3.05, 3.63) is 60.7 Å². The Kier molecular flexibility index (Phi) is 4.48. The highest BCUT2D eigenvalue weighted by molar-refractivity contribution is 5.86. The molecule has 0 unspecified atom stereocenters. The molecule has 0 bridgehead atoms. The average Bonchev–Trinajstić information content (AvgIpc) is 3.25. The molecule has 0 aliphatic carbocycles. The maximum absolute atomic E-state index is 9.54. The summed E-state index contributed by atoms with van der Waals surface area (Å²) in [6.07, 6.45) is 7.30. The van der Waals surface area contributed by atoms with Gasteiger partial charge in [-0.3, -0.25) is 9.67 Å². The molecular formula is C22H20N8. The van der Waals surface area contributed by atoms with Gasteiger partial charge in [-0.05, 0) is 12.1 Å². The van der Waals surface area contributed by atoms with Crippen LogP contribution in [0.25, 0.3) is 22.2 Å². The molecule has 8 nitrogen and oxygen atoms in total. The predicted octanol–water partition coefficient (Wildman–Crippen LogP) is 2.62. The first-order valence-corrected chi connectivity index (χ1v) is 9.82. The zero-order chi connectivity index (χ0) is 20.5. The van der Waals surface area contributed by atoms with Gasteiger partial charge in [0.05, 0.1) is 41.4 Å². The molecule has 0 amide bonds. The second-order valence-electron chi connectivity index (χ2n) is 7.30. The number of hydrogen-bond acceptors (Lipinski definition) is 7. The second kappa shape index (κ2) is 7.44. The molecule has 4 aromatic rings. The third kappa shape index (κ3) is 3.31. The summed E-state index contributed by atoms with van der Waals surface area (Å²) in [4.78, 5) is 18.4. The van der Waals surface area contributed by atoms with Crippen LogP contribution in [0.5, 0.6) is 0 Å². The summed E-state index contributed by atoms with van der Waals surface area (Å²) < 4.78 is 1.76. The van der Waals surface area contributed by atoms with Crippen LogP contribution in [-0.4, -0.2) is 50.9 Å². The Hall–Kier alpha value is -3.99. The first kappa shape index (κ1) is 18.1. The predicted molar refractivity (Wildman–Crippen MR) is 115 cm³/mol. The minimum Gasteiger partial charge on any atom is -0.353 e. The highest BCUT2D eigenvalue weighted by Crippen LogP contribution is 2.25. The first-order valence-electron chi connectivity index (χ1n) is 9.82. The molecule has 0 atom stereocenters. The number of para-hydroxylation sites is 1. The van der Waals surface area contributed by atoms with Crippen LogP contribution in [0.3, 0.4) is 0 Å². The van der Waals surface area contributed by atoms with Crippen molar-refractivity contribution in [3.8, 4) is 17.3 Å². The number of anilines is 2. The second-order valence-corrected chi connectivity index (χ2v) is 7.30. The van der Waals surface area contributed by atoms with Crippen LogP contribution in [0.1, 0.15) is 5.56 Å². The van der Waals surface area contributed by atoms with Crippen molar-refractivity contribution in [1.29, 1.82) is 5.26 Å². The van der Waals surface area contributed by atoms with Crippen molar-refractivity contribution in [3.63, 3.8) is 0 Å². The third-order valence-electron chi connectivity index (χ3n) is 5.37. The Morgan fingerprint density at radius 2 is 1.70 bits per heavy atom. The van der Waals surface area contributed by atoms with E-state index in [-0.39, 0.29) is 0 Å².